The molecule has 6 rings (SSSR count). The lowest BCUT2D eigenvalue weighted by atomic mass is 10.0. The third-order valence-corrected chi connectivity index (χ3v) is 10.5. The lowest BCUT2D eigenvalue weighted by molar-refractivity contribution is -0.118. The number of para-hydroxylation sites is 1. The largest absolute Gasteiger partial charge is 0.497 e. The third kappa shape index (κ3) is 6.42. The molecule has 44 heavy (non-hydrogen) atoms. The van der Waals surface area contributed by atoms with Crippen molar-refractivity contribution in [1.29, 1.82) is 0 Å². The molecule has 1 aliphatic rings. The number of hydrogen-bond donors (Lipinski definition) is 5. The second-order valence-corrected chi connectivity index (χ2v) is 14.0. The molecule has 1 unspecified atom stereocenters. The number of imidazole rings is 1. The number of sulfonamides is 1. The minimum Gasteiger partial charge on any atom is -0.497 e. The molecule has 0 radical (unpaired) electrons. The van der Waals surface area contributed by atoms with Crippen LogP contribution >= 0.6 is 10.8 Å². The van der Waals surface area contributed by atoms with Crippen LogP contribution in [0.1, 0.15) is 34.7 Å². The molecule has 5 aromatic rings. The van der Waals surface area contributed by atoms with E-state index in [1.807, 2.05) is 18.2 Å². The molecule has 5 N–H and O–H groups in total. The maximum atomic E-state index is 13.7. The SMILES string of the molecule is COc1ccc2nc([C@H](Cc3ccc(C4CC(=O)NS4(O)O)cc3)NS(=O)(=O)c3cccc(Oc4ccccc4)c3)[nH]c2c1. The maximum Gasteiger partial charge on any atom is 0.241 e. The molecule has 1 amide bonds. The average Bonchev–Trinajstić information content (AvgIpc) is 3.56. The van der Waals surface area contributed by atoms with Gasteiger partial charge >= 0.3 is 0 Å². The first kappa shape index (κ1) is 29.7. The smallest absolute Gasteiger partial charge is 0.241 e. The van der Waals surface area contributed by atoms with Gasteiger partial charge in [0, 0.05) is 12.1 Å². The number of ether oxygens (including phenoxy) is 2. The number of benzene rings is 4. The number of amides is 1. The lowest BCUT2D eigenvalue weighted by Crippen LogP contribution is -2.31. The molecule has 1 aromatic heterocycles. The second kappa shape index (κ2) is 11.9. The van der Waals surface area contributed by atoms with Gasteiger partial charge in [-0.15, -0.1) is 10.8 Å². The van der Waals surface area contributed by atoms with Crippen molar-refractivity contribution in [3.8, 4) is 17.2 Å². The number of nitrogens with one attached hydrogen (secondary N) is 3. The predicted molar refractivity (Wildman–Crippen MR) is 167 cm³/mol. The van der Waals surface area contributed by atoms with E-state index in [2.05, 4.69) is 19.4 Å². The summed E-state index contributed by atoms with van der Waals surface area (Å²) in [5.74, 6) is 1.55. The summed E-state index contributed by atoms with van der Waals surface area (Å²) in [6.07, 6.45) is 0.189. The first-order valence-electron chi connectivity index (χ1n) is 13.6. The zero-order valence-corrected chi connectivity index (χ0v) is 25.1. The van der Waals surface area contributed by atoms with Gasteiger partial charge < -0.3 is 14.5 Å². The van der Waals surface area contributed by atoms with E-state index in [0.29, 0.717) is 39.7 Å². The average molecular weight is 635 g/mol. The first-order chi connectivity index (χ1) is 21.1. The Morgan fingerprint density at radius 1 is 0.955 bits per heavy atom. The molecule has 2 heterocycles. The summed E-state index contributed by atoms with van der Waals surface area (Å²) in [5.41, 5.74) is 2.67. The van der Waals surface area contributed by atoms with Crippen molar-refractivity contribution in [2.24, 2.45) is 0 Å². The summed E-state index contributed by atoms with van der Waals surface area (Å²) in [6, 6.07) is 26.8. The van der Waals surface area contributed by atoms with Crippen molar-refractivity contribution in [3.05, 3.63) is 114 Å². The van der Waals surface area contributed by atoms with Crippen LogP contribution in [-0.2, 0) is 21.2 Å². The van der Waals surface area contributed by atoms with E-state index < -0.39 is 38.0 Å². The highest BCUT2D eigenvalue weighted by molar-refractivity contribution is 8.23. The van der Waals surface area contributed by atoms with Gasteiger partial charge in [0.25, 0.3) is 0 Å². The molecule has 1 fully saturated rings. The van der Waals surface area contributed by atoms with Crippen LogP contribution < -0.4 is 18.9 Å². The number of carbonyl (C=O) groups excluding carboxylic acids is 1. The fraction of sp³-hybridized carbons (Fsp3) is 0.161. The Balaban J connectivity index is 1.30. The lowest BCUT2D eigenvalue weighted by Gasteiger charge is -2.32. The van der Waals surface area contributed by atoms with Crippen LogP contribution in [0.2, 0.25) is 0 Å². The van der Waals surface area contributed by atoms with Gasteiger partial charge in [0.2, 0.25) is 15.9 Å². The minimum absolute atomic E-state index is 0.0210. The van der Waals surface area contributed by atoms with Crippen LogP contribution in [0.25, 0.3) is 11.0 Å². The number of hydrogen-bond acceptors (Lipinski definition) is 8. The molecule has 0 spiro atoms. The Labute approximate surface area is 255 Å². The minimum atomic E-state index is -4.06. The van der Waals surface area contributed by atoms with E-state index >= 15 is 0 Å². The Bertz CT molecular complexity index is 1910. The number of methoxy groups -OCH3 is 1. The Morgan fingerprint density at radius 2 is 1.70 bits per heavy atom. The van der Waals surface area contributed by atoms with Crippen molar-refractivity contribution < 1.29 is 31.8 Å². The first-order valence-corrected chi connectivity index (χ1v) is 16.7. The summed E-state index contributed by atoms with van der Waals surface area (Å²) in [7, 11) is -5.79. The molecular formula is C31H30N4O7S2. The highest BCUT2D eigenvalue weighted by atomic mass is 32.3. The summed E-state index contributed by atoms with van der Waals surface area (Å²) in [4.78, 5) is 19.7. The Kier molecular flexibility index (Phi) is 8.05. The molecule has 13 heteroatoms. The molecule has 2 atom stereocenters. The zero-order valence-electron chi connectivity index (χ0n) is 23.5. The van der Waals surface area contributed by atoms with Gasteiger partial charge in [-0.3, -0.25) is 18.6 Å². The summed E-state index contributed by atoms with van der Waals surface area (Å²) >= 11 is 0. The van der Waals surface area contributed by atoms with Gasteiger partial charge in [-0.05, 0) is 53.9 Å². The van der Waals surface area contributed by atoms with Gasteiger partial charge in [0.05, 0.1) is 35.5 Å². The fourth-order valence-corrected chi connectivity index (χ4v) is 7.77. The van der Waals surface area contributed by atoms with Crippen LogP contribution in [0.4, 0.5) is 0 Å². The molecule has 4 aromatic carbocycles. The third-order valence-electron chi connectivity index (χ3n) is 7.25. The van der Waals surface area contributed by atoms with Crippen molar-refractivity contribution >= 4 is 37.7 Å². The van der Waals surface area contributed by atoms with Gasteiger partial charge in [-0.2, -0.15) is 0 Å². The van der Waals surface area contributed by atoms with E-state index in [-0.39, 0.29) is 17.7 Å². The molecule has 0 bridgehead atoms. The summed E-state index contributed by atoms with van der Waals surface area (Å²) in [6.45, 7) is 0. The zero-order chi connectivity index (χ0) is 30.9. The number of aromatic nitrogens is 2. The van der Waals surface area contributed by atoms with Crippen LogP contribution in [0.15, 0.2) is 102 Å². The fourth-order valence-electron chi connectivity index (χ4n) is 5.06. The molecular weight excluding hydrogens is 604 g/mol. The second-order valence-electron chi connectivity index (χ2n) is 10.3. The monoisotopic (exact) mass is 634 g/mol. The van der Waals surface area contributed by atoms with Crippen LogP contribution in [0.5, 0.6) is 17.2 Å². The Hall–Kier alpha value is -4.40. The molecule has 0 saturated carbocycles. The Morgan fingerprint density at radius 3 is 2.41 bits per heavy atom. The van der Waals surface area contributed by atoms with E-state index in [9.17, 15) is 22.3 Å². The normalized spacial score (nSPS) is 17.6. The number of aromatic amines is 1. The van der Waals surface area contributed by atoms with Crippen molar-refractivity contribution in [1.82, 2.24) is 19.4 Å². The van der Waals surface area contributed by atoms with Gasteiger partial charge in [0.15, 0.2) is 0 Å². The van der Waals surface area contributed by atoms with Crippen molar-refractivity contribution in [3.63, 3.8) is 0 Å². The quantitative estimate of drug-likeness (QED) is 0.128. The van der Waals surface area contributed by atoms with E-state index in [0.717, 1.165) is 5.56 Å². The summed E-state index contributed by atoms with van der Waals surface area (Å²) in [5, 5.41) is -0.755. The molecule has 11 nitrogen and oxygen atoms in total. The van der Waals surface area contributed by atoms with Crippen LogP contribution in [-0.4, -0.2) is 40.5 Å². The van der Waals surface area contributed by atoms with E-state index in [1.54, 1.807) is 73.8 Å². The number of carbonyl (C=O) groups is 1. The molecule has 0 aliphatic carbocycles. The highest BCUT2D eigenvalue weighted by Gasteiger charge is 2.38. The molecule has 1 saturated heterocycles. The van der Waals surface area contributed by atoms with Gasteiger partial charge in [-0.1, -0.05) is 48.5 Å². The van der Waals surface area contributed by atoms with E-state index in [1.165, 1.54) is 12.1 Å². The predicted octanol–water partition coefficient (Wildman–Crippen LogP) is 5.85. The molecule has 1 aliphatic heterocycles. The number of rotatable bonds is 10. The van der Waals surface area contributed by atoms with Crippen molar-refractivity contribution in [2.45, 2.75) is 29.0 Å². The van der Waals surface area contributed by atoms with Gasteiger partial charge in [0.1, 0.15) is 28.3 Å². The van der Waals surface area contributed by atoms with Gasteiger partial charge in [-0.25, -0.2) is 18.1 Å². The number of H-pyrrole nitrogens is 1. The standard InChI is InChI=1S/C31H30N4O7S2/c1-41-23-14-15-26-27(18-23)33-31(32-26)28(16-20-10-12-21(13-11-20)29-19-30(36)35-44(29,39)40)34-43(37,38)25-9-5-8-24(17-25)42-22-6-3-2-4-7-22/h2-15,17-18,28-29,34,39-40H,16,19H2,1H3,(H,32,33)(H,35,36)/t28-,29?/m0/s1. The molecule has 228 valence electrons. The number of fused-ring (bicyclic) bond motifs is 1. The van der Waals surface area contributed by atoms with Crippen LogP contribution in [0.3, 0.4) is 0 Å². The number of nitrogens with zero attached hydrogens (tertiary/aromatic N) is 1. The maximum absolute atomic E-state index is 13.7. The van der Waals surface area contributed by atoms with Crippen LogP contribution in [0, 0.1) is 0 Å². The van der Waals surface area contributed by atoms with E-state index in [4.69, 9.17) is 9.47 Å². The summed E-state index contributed by atoms with van der Waals surface area (Å²) < 4.78 is 64.3. The van der Waals surface area contributed by atoms with Crippen molar-refractivity contribution in [2.75, 3.05) is 7.11 Å². The topological polar surface area (TPSA) is 163 Å². The highest BCUT2D eigenvalue weighted by Crippen LogP contribution is 2.56.